The monoisotopic (exact) mass is 262 g/mol. The molecule has 19 heavy (non-hydrogen) atoms. The summed E-state index contributed by atoms with van der Waals surface area (Å²) in [5.41, 5.74) is 6.72. The molecule has 0 atom stereocenters. The van der Waals surface area contributed by atoms with Crippen LogP contribution in [0.3, 0.4) is 0 Å². The zero-order valence-electron chi connectivity index (χ0n) is 11.3. The first kappa shape index (κ1) is 12.7. The van der Waals surface area contributed by atoms with Crippen LogP contribution >= 0.6 is 0 Å². The van der Waals surface area contributed by atoms with Crippen LogP contribution in [0.25, 0.3) is 0 Å². The van der Waals surface area contributed by atoms with Crippen molar-refractivity contribution >= 4 is 11.8 Å². The van der Waals surface area contributed by atoms with Crippen molar-refractivity contribution in [2.45, 2.75) is 38.5 Å². The molecule has 2 amide bonds. The molecule has 1 saturated heterocycles. The van der Waals surface area contributed by atoms with E-state index in [4.69, 9.17) is 5.73 Å². The highest BCUT2D eigenvalue weighted by molar-refractivity contribution is 5.89. The van der Waals surface area contributed by atoms with Gasteiger partial charge in [-0.15, -0.1) is 0 Å². The SMILES string of the molecule is NC(=O)C1CCN(C(=O)C=C(C2CC2)C2CC2)CC1. The summed E-state index contributed by atoms with van der Waals surface area (Å²) < 4.78 is 0. The topological polar surface area (TPSA) is 63.4 Å². The molecule has 4 nitrogen and oxygen atoms in total. The van der Waals surface area contributed by atoms with Gasteiger partial charge in [0.1, 0.15) is 0 Å². The number of carbonyl (C=O) groups excluding carboxylic acids is 2. The van der Waals surface area contributed by atoms with Crippen LogP contribution in [0.2, 0.25) is 0 Å². The first-order valence-electron chi connectivity index (χ1n) is 7.45. The number of amides is 2. The van der Waals surface area contributed by atoms with Crippen molar-refractivity contribution in [2.24, 2.45) is 23.5 Å². The number of nitrogens with two attached hydrogens (primary N) is 1. The molecule has 3 fully saturated rings. The van der Waals surface area contributed by atoms with Gasteiger partial charge in [-0.2, -0.15) is 0 Å². The fourth-order valence-corrected chi connectivity index (χ4v) is 3.02. The van der Waals surface area contributed by atoms with E-state index in [0.29, 0.717) is 24.9 Å². The van der Waals surface area contributed by atoms with Gasteiger partial charge < -0.3 is 10.6 Å². The van der Waals surface area contributed by atoms with Gasteiger partial charge in [0.05, 0.1) is 0 Å². The lowest BCUT2D eigenvalue weighted by atomic mass is 9.96. The van der Waals surface area contributed by atoms with Crippen molar-refractivity contribution in [2.75, 3.05) is 13.1 Å². The third kappa shape index (κ3) is 2.99. The first-order valence-corrected chi connectivity index (χ1v) is 7.45. The van der Waals surface area contributed by atoms with Gasteiger partial charge in [0.15, 0.2) is 0 Å². The van der Waals surface area contributed by atoms with Crippen LogP contribution < -0.4 is 5.73 Å². The lowest BCUT2D eigenvalue weighted by Gasteiger charge is -2.30. The second-order valence-electron chi connectivity index (χ2n) is 6.19. The van der Waals surface area contributed by atoms with Crippen LogP contribution in [-0.4, -0.2) is 29.8 Å². The van der Waals surface area contributed by atoms with Crippen molar-refractivity contribution in [3.8, 4) is 0 Å². The molecule has 2 saturated carbocycles. The Labute approximate surface area is 114 Å². The van der Waals surface area contributed by atoms with E-state index in [1.165, 1.54) is 31.3 Å². The molecule has 0 radical (unpaired) electrons. The van der Waals surface area contributed by atoms with Gasteiger partial charge in [0.2, 0.25) is 11.8 Å². The van der Waals surface area contributed by atoms with E-state index in [2.05, 4.69) is 0 Å². The molecule has 3 rings (SSSR count). The number of carbonyl (C=O) groups is 2. The molecule has 0 aromatic heterocycles. The summed E-state index contributed by atoms with van der Waals surface area (Å²) in [4.78, 5) is 25.3. The van der Waals surface area contributed by atoms with Crippen molar-refractivity contribution < 1.29 is 9.59 Å². The van der Waals surface area contributed by atoms with Crippen LogP contribution in [0.1, 0.15) is 38.5 Å². The van der Waals surface area contributed by atoms with E-state index in [1.54, 1.807) is 0 Å². The smallest absolute Gasteiger partial charge is 0.246 e. The van der Waals surface area contributed by atoms with E-state index < -0.39 is 0 Å². The van der Waals surface area contributed by atoms with Crippen LogP contribution in [-0.2, 0) is 9.59 Å². The van der Waals surface area contributed by atoms with Crippen molar-refractivity contribution in [1.29, 1.82) is 0 Å². The maximum Gasteiger partial charge on any atom is 0.246 e. The number of hydrogen-bond acceptors (Lipinski definition) is 2. The highest BCUT2D eigenvalue weighted by atomic mass is 16.2. The summed E-state index contributed by atoms with van der Waals surface area (Å²) in [6, 6.07) is 0. The Morgan fingerprint density at radius 3 is 1.84 bits per heavy atom. The summed E-state index contributed by atoms with van der Waals surface area (Å²) in [6.45, 7) is 1.34. The van der Waals surface area contributed by atoms with E-state index in [-0.39, 0.29) is 17.7 Å². The maximum absolute atomic E-state index is 12.3. The van der Waals surface area contributed by atoms with Crippen LogP contribution in [0.4, 0.5) is 0 Å². The summed E-state index contributed by atoms with van der Waals surface area (Å²) in [7, 11) is 0. The Morgan fingerprint density at radius 1 is 0.895 bits per heavy atom. The van der Waals surface area contributed by atoms with Crippen molar-refractivity contribution in [1.82, 2.24) is 4.90 Å². The normalized spacial score (nSPS) is 24.1. The van der Waals surface area contributed by atoms with Gasteiger partial charge in [0.25, 0.3) is 0 Å². The Bertz CT molecular complexity index is 400. The number of rotatable bonds is 4. The molecular formula is C15H22N2O2. The second-order valence-corrected chi connectivity index (χ2v) is 6.19. The van der Waals surface area contributed by atoms with Crippen LogP contribution in [0.15, 0.2) is 11.6 Å². The predicted molar refractivity (Wildman–Crippen MR) is 72.0 cm³/mol. The molecule has 4 heteroatoms. The number of piperidine rings is 1. The number of hydrogen-bond donors (Lipinski definition) is 1. The third-order valence-corrected chi connectivity index (χ3v) is 4.60. The second kappa shape index (κ2) is 4.99. The largest absolute Gasteiger partial charge is 0.369 e. The third-order valence-electron chi connectivity index (χ3n) is 4.60. The highest BCUT2D eigenvalue weighted by Crippen LogP contribution is 2.48. The summed E-state index contributed by atoms with van der Waals surface area (Å²) in [5.74, 6) is 1.27. The molecular weight excluding hydrogens is 240 g/mol. The quantitative estimate of drug-likeness (QED) is 0.779. The summed E-state index contributed by atoms with van der Waals surface area (Å²) >= 11 is 0. The molecule has 0 unspecified atom stereocenters. The molecule has 104 valence electrons. The molecule has 0 aromatic carbocycles. The Hall–Kier alpha value is -1.32. The van der Waals surface area contributed by atoms with E-state index in [1.807, 2.05) is 11.0 Å². The number of likely N-dealkylation sites (tertiary alicyclic amines) is 1. The molecule has 2 aliphatic carbocycles. The Balaban J connectivity index is 1.58. The van der Waals surface area contributed by atoms with E-state index >= 15 is 0 Å². The van der Waals surface area contributed by atoms with E-state index in [9.17, 15) is 9.59 Å². The average Bonchev–Trinajstić information content (AvgIpc) is 3.29. The lowest BCUT2D eigenvalue weighted by Crippen LogP contribution is -2.41. The standard InChI is InChI=1S/C15H22N2O2/c16-15(19)12-5-7-17(8-6-12)14(18)9-13(10-1-2-10)11-3-4-11/h9-12H,1-8H2,(H2,16,19). The predicted octanol–water partition coefficient (Wildman–Crippen LogP) is 1.46. The molecule has 1 heterocycles. The van der Waals surface area contributed by atoms with Gasteiger partial charge >= 0.3 is 0 Å². The van der Waals surface area contributed by atoms with Gasteiger partial charge in [-0.25, -0.2) is 0 Å². The molecule has 0 spiro atoms. The molecule has 0 bridgehead atoms. The zero-order valence-corrected chi connectivity index (χ0v) is 11.3. The molecule has 1 aliphatic heterocycles. The average molecular weight is 262 g/mol. The first-order chi connectivity index (χ1) is 9.15. The number of allylic oxidation sites excluding steroid dienone is 1. The minimum absolute atomic E-state index is 0.0423. The van der Waals surface area contributed by atoms with Gasteiger partial charge in [0, 0.05) is 25.1 Å². The minimum Gasteiger partial charge on any atom is -0.369 e. The molecule has 2 N–H and O–H groups in total. The van der Waals surface area contributed by atoms with Gasteiger partial charge in [-0.3, -0.25) is 9.59 Å². The van der Waals surface area contributed by atoms with Gasteiger partial charge in [-0.1, -0.05) is 5.57 Å². The molecule has 0 aromatic rings. The van der Waals surface area contributed by atoms with Crippen molar-refractivity contribution in [3.05, 3.63) is 11.6 Å². The van der Waals surface area contributed by atoms with E-state index in [0.717, 1.165) is 12.8 Å². The van der Waals surface area contributed by atoms with Crippen LogP contribution in [0.5, 0.6) is 0 Å². The minimum atomic E-state index is -0.223. The number of primary amides is 1. The lowest BCUT2D eigenvalue weighted by molar-refractivity contribution is -0.130. The maximum atomic E-state index is 12.3. The zero-order chi connectivity index (χ0) is 13.4. The fraction of sp³-hybridized carbons (Fsp3) is 0.733. The van der Waals surface area contributed by atoms with Crippen LogP contribution in [0, 0.1) is 17.8 Å². The molecule has 3 aliphatic rings. The van der Waals surface area contributed by atoms with Crippen molar-refractivity contribution in [3.63, 3.8) is 0 Å². The highest BCUT2D eigenvalue weighted by Gasteiger charge is 2.37. The summed E-state index contributed by atoms with van der Waals surface area (Å²) in [6.07, 6.45) is 8.39. The number of nitrogens with zero attached hydrogens (tertiary/aromatic N) is 1. The Morgan fingerprint density at radius 2 is 1.42 bits per heavy atom. The fourth-order valence-electron chi connectivity index (χ4n) is 3.02. The Kier molecular flexibility index (Phi) is 3.33. The summed E-state index contributed by atoms with van der Waals surface area (Å²) in [5, 5.41) is 0. The van der Waals surface area contributed by atoms with Gasteiger partial charge in [-0.05, 0) is 50.4 Å².